The fourth-order valence-corrected chi connectivity index (χ4v) is 7.90. The highest BCUT2D eigenvalue weighted by molar-refractivity contribution is 5.69. The molecule has 0 unspecified atom stereocenters. The number of carbonyl (C=O) groups is 1. The first kappa shape index (κ1) is 52.2. The lowest BCUT2D eigenvalue weighted by atomic mass is 10.0. The van der Waals surface area contributed by atoms with Crippen molar-refractivity contribution in [1.29, 1.82) is 0 Å². The maximum Gasteiger partial charge on any atom is 0.305 e. The van der Waals surface area contributed by atoms with Crippen LogP contribution in [0.2, 0.25) is 0 Å². The Bertz CT molecular complexity index is 684. The second kappa shape index (κ2) is 49.2. The Morgan fingerprint density at radius 1 is 0.302 bits per heavy atom. The predicted octanol–water partition coefficient (Wildman–Crippen LogP) is 18.7. The highest BCUT2D eigenvalue weighted by atomic mass is 16.5. The summed E-state index contributed by atoms with van der Waals surface area (Å²) in [6.07, 6.45) is 66.4. The average Bonchev–Trinajstić information content (AvgIpc) is 3.16. The van der Waals surface area contributed by atoms with Crippen LogP contribution in [0.5, 0.6) is 0 Å². The van der Waals surface area contributed by atoms with E-state index in [0.717, 1.165) is 12.8 Å². The SMILES string of the molecule is CCCCCCC=CCCCCCCCCCCCC(=O)OCCCCCCCCCCCCCCCCCCCCCCCCCCCCCCC. The fourth-order valence-electron chi connectivity index (χ4n) is 7.90. The van der Waals surface area contributed by atoms with Crippen LogP contribution in [0.4, 0.5) is 0 Å². The van der Waals surface area contributed by atoms with Crippen LogP contribution in [0.1, 0.15) is 303 Å². The van der Waals surface area contributed by atoms with E-state index in [2.05, 4.69) is 26.0 Å². The van der Waals surface area contributed by atoms with Gasteiger partial charge >= 0.3 is 5.97 Å². The van der Waals surface area contributed by atoms with E-state index in [1.54, 1.807) is 0 Å². The normalized spacial score (nSPS) is 11.7. The van der Waals surface area contributed by atoms with Gasteiger partial charge in [-0.05, 0) is 38.5 Å². The zero-order valence-corrected chi connectivity index (χ0v) is 37.0. The number of esters is 1. The number of rotatable bonds is 47. The summed E-state index contributed by atoms with van der Waals surface area (Å²) < 4.78 is 5.49. The van der Waals surface area contributed by atoms with Crippen molar-refractivity contribution in [2.75, 3.05) is 6.61 Å². The minimum absolute atomic E-state index is 0.0280. The molecular formula is C51H100O2. The number of hydrogen-bond acceptors (Lipinski definition) is 2. The minimum Gasteiger partial charge on any atom is -0.466 e. The summed E-state index contributed by atoms with van der Waals surface area (Å²) in [7, 11) is 0. The van der Waals surface area contributed by atoms with Crippen LogP contribution >= 0.6 is 0 Å². The summed E-state index contributed by atoms with van der Waals surface area (Å²) >= 11 is 0. The van der Waals surface area contributed by atoms with Crippen molar-refractivity contribution >= 4 is 5.97 Å². The monoisotopic (exact) mass is 745 g/mol. The van der Waals surface area contributed by atoms with Crippen LogP contribution in [-0.2, 0) is 9.53 Å². The number of allylic oxidation sites excluding steroid dienone is 2. The first-order valence-electron chi connectivity index (χ1n) is 25.1. The van der Waals surface area contributed by atoms with E-state index in [0.29, 0.717) is 13.0 Å². The van der Waals surface area contributed by atoms with Crippen LogP contribution in [0, 0.1) is 0 Å². The Hall–Kier alpha value is -0.790. The third-order valence-electron chi connectivity index (χ3n) is 11.7. The van der Waals surface area contributed by atoms with Gasteiger partial charge in [-0.25, -0.2) is 0 Å². The topological polar surface area (TPSA) is 26.3 Å². The Kier molecular flexibility index (Phi) is 48.5. The van der Waals surface area contributed by atoms with E-state index in [9.17, 15) is 4.79 Å². The van der Waals surface area contributed by atoms with Crippen molar-refractivity contribution in [2.24, 2.45) is 0 Å². The molecule has 2 heteroatoms. The van der Waals surface area contributed by atoms with E-state index in [1.165, 1.54) is 270 Å². The molecule has 0 spiro atoms. The van der Waals surface area contributed by atoms with Gasteiger partial charge in [0.2, 0.25) is 0 Å². The highest BCUT2D eigenvalue weighted by Crippen LogP contribution is 2.17. The Balaban J connectivity index is 3.15. The summed E-state index contributed by atoms with van der Waals surface area (Å²) in [4.78, 5) is 12.0. The molecule has 0 atom stereocenters. The second-order valence-corrected chi connectivity index (χ2v) is 17.2. The molecule has 0 aromatic carbocycles. The molecule has 0 aliphatic rings. The van der Waals surface area contributed by atoms with E-state index in [4.69, 9.17) is 4.74 Å². The predicted molar refractivity (Wildman–Crippen MR) is 239 cm³/mol. The molecule has 0 amide bonds. The molecule has 0 aromatic heterocycles. The van der Waals surface area contributed by atoms with Gasteiger partial charge in [0.25, 0.3) is 0 Å². The minimum atomic E-state index is 0.0280. The van der Waals surface area contributed by atoms with Gasteiger partial charge in [-0.15, -0.1) is 0 Å². The summed E-state index contributed by atoms with van der Waals surface area (Å²) in [5.41, 5.74) is 0. The highest BCUT2D eigenvalue weighted by Gasteiger charge is 2.03. The molecule has 0 aliphatic heterocycles. The lowest BCUT2D eigenvalue weighted by Crippen LogP contribution is -2.05. The Morgan fingerprint density at radius 3 is 0.830 bits per heavy atom. The zero-order chi connectivity index (χ0) is 38.2. The van der Waals surface area contributed by atoms with E-state index < -0.39 is 0 Å². The van der Waals surface area contributed by atoms with Crippen LogP contribution < -0.4 is 0 Å². The fraction of sp³-hybridized carbons (Fsp3) is 0.941. The van der Waals surface area contributed by atoms with E-state index in [1.807, 2.05) is 0 Å². The number of ether oxygens (including phenoxy) is 1. The molecule has 0 saturated carbocycles. The van der Waals surface area contributed by atoms with Crippen molar-refractivity contribution in [3.63, 3.8) is 0 Å². The zero-order valence-electron chi connectivity index (χ0n) is 37.0. The molecule has 0 aliphatic carbocycles. The molecule has 53 heavy (non-hydrogen) atoms. The molecule has 0 rings (SSSR count). The van der Waals surface area contributed by atoms with Crippen molar-refractivity contribution in [1.82, 2.24) is 0 Å². The van der Waals surface area contributed by atoms with Gasteiger partial charge in [-0.3, -0.25) is 4.79 Å². The molecule has 0 aromatic rings. The lowest BCUT2D eigenvalue weighted by molar-refractivity contribution is -0.143. The molecule has 0 fully saturated rings. The van der Waals surface area contributed by atoms with Gasteiger partial charge in [0.15, 0.2) is 0 Å². The maximum absolute atomic E-state index is 12.0. The molecule has 0 bridgehead atoms. The molecule has 2 nitrogen and oxygen atoms in total. The first-order chi connectivity index (χ1) is 26.3. The van der Waals surface area contributed by atoms with Crippen LogP contribution in [0.25, 0.3) is 0 Å². The first-order valence-corrected chi connectivity index (χ1v) is 25.1. The quantitative estimate of drug-likeness (QED) is 0.0352. The van der Waals surface area contributed by atoms with Gasteiger partial charge in [0.05, 0.1) is 6.61 Å². The van der Waals surface area contributed by atoms with Crippen molar-refractivity contribution < 1.29 is 9.53 Å². The third kappa shape index (κ3) is 49.2. The van der Waals surface area contributed by atoms with Crippen LogP contribution in [-0.4, -0.2) is 12.6 Å². The molecule has 0 saturated heterocycles. The summed E-state index contributed by atoms with van der Waals surface area (Å²) in [5, 5.41) is 0. The molecule has 0 N–H and O–H groups in total. The van der Waals surface area contributed by atoms with Gasteiger partial charge in [-0.1, -0.05) is 270 Å². The largest absolute Gasteiger partial charge is 0.466 e. The van der Waals surface area contributed by atoms with Gasteiger partial charge in [0, 0.05) is 6.42 Å². The smallest absolute Gasteiger partial charge is 0.305 e. The standard InChI is InChI=1S/C51H100O2/c1-3-5-7-9-11-13-15-17-19-21-22-23-24-25-26-27-28-29-30-31-32-34-36-38-40-42-44-46-48-50-53-51(52)49-47-45-43-41-39-37-35-33-20-18-16-14-12-10-8-6-4-2/h14,16H,3-13,15,17-50H2,1-2H3. The lowest BCUT2D eigenvalue weighted by Gasteiger charge is -2.06. The number of unbranched alkanes of at least 4 members (excludes halogenated alkanes) is 41. The van der Waals surface area contributed by atoms with Gasteiger partial charge in [-0.2, -0.15) is 0 Å². The average molecular weight is 745 g/mol. The second-order valence-electron chi connectivity index (χ2n) is 17.2. The van der Waals surface area contributed by atoms with E-state index >= 15 is 0 Å². The molecule has 316 valence electrons. The van der Waals surface area contributed by atoms with Gasteiger partial charge in [0.1, 0.15) is 0 Å². The summed E-state index contributed by atoms with van der Waals surface area (Å²) in [6, 6.07) is 0. The van der Waals surface area contributed by atoms with Crippen molar-refractivity contribution in [2.45, 2.75) is 303 Å². The Morgan fingerprint density at radius 2 is 0.528 bits per heavy atom. The van der Waals surface area contributed by atoms with Crippen molar-refractivity contribution in [3.05, 3.63) is 12.2 Å². The maximum atomic E-state index is 12.0. The summed E-state index contributed by atoms with van der Waals surface area (Å²) in [6.45, 7) is 5.22. The van der Waals surface area contributed by atoms with Crippen LogP contribution in [0.15, 0.2) is 12.2 Å². The number of carbonyl (C=O) groups excluding carboxylic acids is 1. The van der Waals surface area contributed by atoms with E-state index in [-0.39, 0.29) is 5.97 Å². The third-order valence-corrected chi connectivity index (χ3v) is 11.7. The summed E-state index contributed by atoms with van der Waals surface area (Å²) in [5.74, 6) is 0.0280. The van der Waals surface area contributed by atoms with Crippen molar-refractivity contribution in [3.8, 4) is 0 Å². The number of hydrogen-bond donors (Lipinski definition) is 0. The Labute approximate surface area is 336 Å². The van der Waals surface area contributed by atoms with Gasteiger partial charge < -0.3 is 4.74 Å². The molecular weight excluding hydrogens is 645 g/mol. The molecule has 0 heterocycles. The van der Waals surface area contributed by atoms with Crippen LogP contribution in [0.3, 0.4) is 0 Å². The molecule has 0 radical (unpaired) electrons.